The standard InChI is InChI=1S/C21H21F2N3O2/c1-14-20(15(2)26(24-14)18-8-4-16(22)5-9-18)21(27)25(3)12-13-28-19-10-6-17(23)7-11-19/h4-11H,12-13H2,1-3H3. The minimum absolute atomic E-state index is 0.175. The number of aryl methyl sites for hydroxylation is 1. The Morgan fingerprint density at radius 2 is 1.61 bits per heavy atom. The van der Waals surface area contributed by atoms with Crippen molar-refractivity contribution in [3.05, 3.63) is 77.1 Å². The number of benzene rings is 2. The van der Waals surface area contributed by atoms with Crippen LogP contribution in [0.1, 0.15) is 21.7 Å². The first-order chi connectivity index (χ1) is 13.4. The summed E-state index contributed by atoms with van der Waals surface area (Å²) in [5, 5.41) is 4.43. The van der Waals surface area contributed by atoms with Crippen LogP contribution in [0.2, 0.25) is 0 Å². The summed E-state index contributed by atoms with van der Waals surface area (Å²) >= 11 is 0. The zero-order valence-corrected chi connectivity index (χ0v) is 15.9. The predicted octanol–water partition coefficient (Wildman–Crippen LogP) is 3.92. The number of amides is 1. The third-order valence-corrected chi connectivity index (χ3v) is 4.43. The van der Waals surface area contributed by atoms with E-state index in [1.165, 1.54) is 36.4 Å². The molecule has 5 nitrogen and oxygen atoms in total. The van der Waals surface area contributed by atoms with Gasteiger partial charge in [-0.25, -0.2) is 13.5 Å². The van der Waals surface area contributed by atoms with Gasteiger partial charge in [-0.2, -0.15) is 5.10 Å². The molecule has 0 fully saturated rings. The Morgan fingerprint density at radius 3 is 2.21 bits per heavy atom. The SMILES string of the molecule is Cc1nn(-c2ccc(F)cc2)c(C)c1C(=O)N(C)CCOc1ccc(F)cc1. The lowest BCUT2D eigenvalue weighted by Crippen LogP contribution is -2.31. The van der Waals surface area contributed by atoms with Gasteiger partial charge in [-0.15, -0.1) is 0 Å². The second-order valence-corrected chi connectivity index (χ2v) is 6.46. The molecule has 7 heteroatoms. The van der Waals surface area contributed by atoms with Crippen molar-refractivity contribution in [3.63, 3.8) is 0 Å². The molecule has 3 aromatic rings. The number of hydrogen-bond donors (Lipinski definition) is 0. The minimum Gasteiger partial charge on any atom is -0.492 e. The minimum atomic E-state index is -0.331. The van der Waals surface area contributed by atoms with E-state index in [-0.39, 0.29) is 24.1 Å². The maximum atomic E-state index is 13.2. The Balaban J connectivity index is 1.69. The third kappa shape index (κ3) is 4.19. The second kappa shape index (κ2) is 8.21. The van der Waals surface area contributed by atoms with Gasteiger partial charge in [0.15, 0.2) is 0 Å². The van der Waals surface area contributed by atoms with Crippen molar-refractivity contribution < 1.29 is 18.3 Å². The average molecular weight is 385 g/mol. The summed E-state index contributed by atoms with van der Waals surface area (Å²) in [4.78, 5) is 14.4. The summed E-state index contributed by atoms with van der Waals surface area (Å²) in [6.45, 7) is 4.21. The van der Waals surface area contributed by atoms with Gasteiger partial charge in [0.25, 0.3) is 5.91 Å². The molecule has 1 aromatic heterocycles. The summed E-state index contributed by atoms with van der Waals surface area (Å²) in [5.74, 6) is -0.295. The number of likely N-dealkylation sites (N-methyl/N-ethyl adjacent to an activating group) is 1. The van der Waals surface area contributed by atoms with Crippen LogP contribution < -0.4 is 4.74 Å². The van der Waals surface area contributed by atoms with E-state index >= 15 is 0 Å². The lowest BCUT2D eigenvalue weighted by atomic mass is 10.1. The van der Waals surface area contributed by atoms with Crippen LogP contribution in [0.25, 0.3) is 5.69 Å². The molecule has 0 spiro atoms. The first-order valence-electron chi connectivity index (χ1n) is 8.83. The lowest BCUT2D eigenvalue weighted by molar-refractivity contribution is 0.0772. The summed E-state index contributed by atoms with van der Waals surface area (Å²) in [5.41, 5.74) is 2.47. The van der Waals surface area contributed by atoms with E-state index in [9.17, 15) is 13.6 Å². The van der Waals surface area contributed by atoms with E-state index in [0.29, 0.717) is 34.9 Å². The molecular weight excluding hydrogens is 364 g/mol. The molecule has 1 heterocycles. The van der Waals surface area contributed by atoms with Crippen LogP contribution in [0.4, 0.5) is 8.78 Å². The fourth-order valence-corrected chi connectivity index (χ4v) is 2.91. The number of hydrogen-bond acceptors (Lipinski definition) is 3. The zero-order chi connectivity index (χ0) is 20.3. The van der Waals surface area contributed by atoms with Gasteiger partial charge in [0, 0.05) is 7.05 Å². The Hall–Kier alpha value is -3.22. The highest BCUT2D eigenvalue weighted by atomic mass is 19.1. The molecule has 1 amide bonds. The Kier molecular flexibility index (Phi) is 5.73. The van der Waals surface area contributed by atoms with E-state index in [2.05, 4.69) is 5.10 Å². The van der Waals surface area contributed by atoms with Gasteiger partial charge in [-0.05, 0) is 62.4 Å². The van der Waals surface area contributed by atoms with E-state index in [1.807, 2.05) is 0 Å². The van der Waals surface area contributed by atoms with Gasteiger partial charge in [0.05, 0.1) is 29.2 Å². The zero-order valence-electron chi connectivity index (χ0n) is 15.9. The number of carbonyl (C=O) groups is 1. The molecule has 0 aliphatic carbocycles. The molecule has 3 rings (SSSR count). The van der Waals surface area contributed by atoms with Crippen molar-refractivity contribution in [2.45, 2.75) is 13.8 Å². The molecule has 0 bridgehead atoms. The number of aromatic nitrogens is 2. The number of halogens is 2. The van der Waals surface area contributed by atoms with Crippen LogP contribution in [0.15, 0.2) is 48.5 Å². The molecule has 0 radical (unpaired) electrons. The second-order valence-electron chi connectivity index (χ2n) is 6.46. The summed E-state index contributed by atoms with van der Waals surface area (Å²) in [6.07, 6.45) is 0. The normalized spacial score (nSPS) is 10.8. The number of rotatable bonds is 6. The smallest absolute Gasteiger partial charge is 0.257 e. The first-order valence-corrected chi connectivity index (χ1v) is 8.83. The maximum absolute atomic E-state index is 13.2. The van der Waals surface area contributed by atoms with Gasteiger partial charge in [0.2, 0.25) is 0 Å². The van der Waals surface area contributed by atoms with Crippen molar-refractivity contribution in [1.82, 2.24) is 14.7 Å². The number of ether oxygens (including phenoxy) is 1. The molecule has 0 aliphatic rings. The topological polar surface area (TPSA) is 47.4 Å². The van der Waals surface area contributed by atoms with E-state index in [1.54, 1.807) is 42.6 Å². The maximum Gasteiger partial charge on any atom is 0.257 e. The highest BCUT2D eigenvalue weighted by molar-refractivity contribution is 5.96. The fraction of sp³-hybridized carbons (Fsp3) is 0.238. The van der Waals surface area contributed by atoms with Crippen LogP contribution in [0.5, 0.6) is 5.75 Å². The summed E-state index contributed by atoms with van der Waals surface area (Å²) < 4.78 is 33.3. The molecular formula is C21H21F2N3O2. The Labute approximate surface area is 162 Å². The summed E-state index contributed by atoms with van der Waals surface area (Å²) in [7, 11) is 1.68. The van der Waals surface area contributed by atoms with Crippen molar-refractivity contribution in [2.24, 2.45) is 0 Å². The van der Waals surface area contributed by atoms with Gasteiger partial charge in [-0.1, -0.05) is 0 Å². The van der Waals surface area contributed by atoms with Crippen molar-refractivity contribution >= 4 is 5.91 Å². The molecule has 28 heavy (non-hydrogen) atoms. The van der Waals surface area contributed by atoms with Gasteiger partial charge < -0.3 is 9.64 Å². The van der Waals surface area contributed by atoms with Crippen molar-refractivity contribution in [1.29, 1.82) is 0 Å². The van der Waals surface area contributed by atoms with Crippen molar-refractivity contribution in [3.8, 4) is 11.4 Å². The Bertz CT molecular complexity index is 967. The quantitative estimate of drug-likeness (QED) is 0.646. The molecule has 0 atom stereocenters. The Morgan fingerprint density at radius 1 is 1.04 bits per heavy atom. The largest absolute Gasteiger partial charge is 0.492 e. The van der Waals surface area contributed by atoms with Crippen LogP contribution >= 0.6 is 0 Å². The van der Waals surface area contributed by atoms with Crippen LogP contribution in [-0.2, 0) is 0 Å². The summed E-state index contributed by atoms with van der Waals surface area (Å²) in [6, 6.07) is 11.7. The number of carbonyl (C=O) groups excluding carboxylic acids is 1. The molecule has 0 N–H and O–H groups in total. The van der Waals surface area contributed by atoms with Crippen LogP contribution in [0.3, 0.4) is 0 Å². The van der Waals surface area contributed by atoms with Crippen LogP contribution in [-0.4, -0.2) is 40.8 Å². The van der Waals surface area contributed by atoms with Gasteiger partial charge >= 0.3 is 0 Å². The van der Waals surface area contributed by atoms with Crippen LogP contribution in [0, 0.1) is 25.5 Å². The highest BCUT2D eigenvalue weighted by Crippen LogP contribution is 2.20. The third-order valence-electron chi connectivity index (χ3n) is 4.43. The van der Waals surface area contributed by atoms with E-state index in [4.69, 9.17) is 4.74 Å². The van der Waals surface area contributed by atoms with Gasteiger partial charge in [0.1, 0.15) is 24.0 Å². The van der Waals surface area contributed by atoms with E-state index in [0.717, 1.165) is 0 Å². The molecule has 0 unspecified atom stereocenters. The monoisotopic (exact) mass is 385 g/mol. The lowest BCUT2D eigenvalue weighted by Gasteiger charge is -2.18. The predicted molar refractivity (Wildman–Crippen MR) is 102 cm³/mol. The highest BCUT2D eigenvalue weighted by Gasteiger charge is 2.22. The first kappa shape index (κ1) is 19.5. The van der Waals surface area contributed by atoms with Gasteiger partial charge in [-0.3, -0.25) is 4.79 Å². The molecule has 0 saturated carbocycles. The molecule has 0 aliphatic heterocycles. The number of nitrogens with zero attached hydrogens (tertiary/aromatic N) is 3. The average Bonchev–Trinajstić information content (AvgIpc) is 2.97. The van der Waals surface area contributed by atoms with Crippen molar-refractivity contribution in [2.75, 3.05) is 20.2 Å². The molecule has 146 valence electrons. The van der Waals surface area contributed by atoms with E-state index < -0.39 is 0 Å². The fourth-order valence-electron chi connectivity index (χ4n) is 2.91. The molecule has 0 saturated heterocycles. The molecule has 2 aromatic carbocycles.